The van der Waals surface area contributed by atoms with Crippen LogP contribution in [-0.4, -0.2) is 49.6 Å². The fraction of sp³-hybridized carbons (Fsp3) is 0.440. The zero-order valence-corrected chi connectivity index (χ0v) is 20.2. The lowest BCUT2D eigenvalue weighted by atomic mass is 10.0. The number of ether oxygens (including phenoxy) is 2. The van der Waals surface area contributed by atoms with Crippen molar-refractivity contribution in [2.75, 3.05) is 38.2 Å². The summed E-state index contributed by atoms with van der Waals surface area (Å²) in [6, 6.07) is 12.3. The average molecular weight is 475 g/mol. The van der Waals surface area contributed by atoms with Crippen LogP contribution in [0.3, 0.4) is 0 Å². The number of amidine groups is 1. The maximum Gasteiger partial charge on any atom is 0.333 e. The van der Waals surface area contributed by atoms with Crippen molar-refractivity contribution in [3.63, 3.8) is 0 Å². The highest BCUT2D eigenvalue weighted by molar-refractivity contribution is 5.95. The number of nitrogens with zero attached hydrogens (tertiary/aromatic N) is 1. The first-order valence-corrected chi connectivity index (χ1v) is 11.4. The van der Waals surface area contributed by atoms with Gasteiger partial charge in [0.1, 0.15) is 18.2 Å². The molecule has 2 aromatic carbocycles. The summed E-state index contributed by atoms with van der Waals surface area (Å²) in [6.45, 7) is 8.10. The summed E-state index contributed by atoms with van der Waals surface area (Å²) < 4.78 is 11.4. The van der Waals surface area contributed by atoms with Gasteiger partial charge in [-0.2, -0.15) is 0 Å². The van der Waals surface area contributed by atoms with Gasteiger partial charge >= 0.3 is 5.97 Å². The number of nitrogens with one attached hydrogen (secondary N) is 2. The first-order chi connectivity index (χ1) is 15.5. The highest BCUT2D eigenvalue weighted by Crippen LogP contribution is 2.28. The summed E-state index contributed by atoms with van der Waals surface area (Å²) in [5.41, 5.74) is 8.80. The van der Waals surface area contributed by atoms with Crippen molar-refractivity contribution in [1.82, 2.24) is 4.90 Å². The minimum Gasteiger partial charge on any atom is -0.492 e. The van der Waals surface area contributed by atoms with Crippen molar-refractivity contribution in [3.05, 3.63) is 59.2 Å². The zero-order chi connectivity index (χ0) is 22.9. The number of rotatable bonds is 11. The smallest absolute Gasteiger partial charge is 0.333 e. The van der Waals surface area contributed by atoms with Gasteiger partial charge in [-0.1, -0.05) is 13.0 Å². The Kier molecular flexibility index (Phi) is 10.5. The molecule has 1 heterocycles. The van der Waals surface area contributed by atoms with E-state index in [0.29, 0.717) is 18.8 Å². The lowest BCUT2D eigenvalue weighted by molar-refractivity contribution is -0.144. The average Bonchev–Trinajstić information content (AvgIpc) is 3.31. The molecule has 1 aliphatic heterocycles. The molecule has 2 aromatic rings. The number of hydrogen-bond acceptors (Lipinski definition) is 6. The summed E-state index contributed by atoms with van der Waals surface area (Å²) in [4.78, 5) is 15.2. The number of nitrogens with two attached hydrogens (primary N) is 1. The highest BCUT2D eigenvalue weighted by atomic mass is 35.5. The van der Waals surface area contributed by atoms with E-state index in [1.807, 2.05) is 18.2 Å². The Morgan fingerprint density at radius 1 is 1.15 bits per heavy atom. The molecule has 1 saturated heterocycles. The normalized spacial score (nSPS) is 14.2. The van der Waals surface area contributed by atoms with Crippen molar-refractivity contribution >= 4 is 29.9 Å². The van der Waals surface area contributed by atoms with Crippen LogP contribution in [0.2, 0.25) is 0 Å². The summed E-state index contributed by atoms with van der Waals surface area (Å²) in [7, 11) is 0. The van der Waals surface area contributed by atoms with Gasteiger partial charge in [0.05, 0.1) is 6.61 Å². The number of anilines is 1. The molecule has 0 amide bonds. The second kappa shape index (κ2) is 13.1. The van der Waals surface area contributed by atoms with Gasteiger partial charge in [0.2, 0.25) is 0 Å². The quantitative estimate of drug-likeness (QED) is 0.257. The molecule has 1 aliphatic rings. The van der Waals surface area contributed by atoms with Gasteiger partial charge in [-0.25, -0.2) is 4.79 Å². The Bertz CT molecular complexity index is 914. The molecule has 0 aromatic heterocycles. The minimum absolute atomic E-state index is 0. The van der Waals surface area contributed by atoms with E-state index in [-0.39, 0.29) is 24.2 Å². The summed E-state index contributed by atoms with van der Waals surface area (Å²) in [6.07, 6.45) is 3.35. The molecule has 1 unspecified atom stereocenters. The maximum atomic E-state index is 12.8. The molecule has 3 rings (SSSR count). The van der Waals surface area contributed by atoms with Gasteiger partial charge in [0, 0.05) is 17.8 Å². The Labute approximate surface area is 202 Å². The summed E-state index contributed by atoms with van der Waals surface area (Å²) >= 11 is 0. The number of aryl methyl sites for hydroxylation is 1. The zero-order valence-electron chi connectivity index (χ0n) is 19.4. The SMILES string of the molecule is CCOC(=O)C(Nc1ccc(C(=N)N)cc1)c1ccc(OCCN2CCCC2)c(CC)c1.Cl. The number of benzene rings is 2. The van der Waals surface area contributed by atoms with E-state index in [4.69, 9.17) is 20.6 Å². The number of carbonyl (C=O) groups is 1. The van der Waals surface area contributed by atoms with E-state index in [9.17, 15) is 4.79 Å². The van der Waals surface area contributed by atoms with E-state index in [0.717, 1.165) is 48.6 Å². The first kappa shape index (κ1) is 26.5. The molecule has 1 atom stereocenters. The number of nitrogen functional groups attached to an aromatic ring is 1. The molecule has 4 N–H and O–H groups in total. The van der Waals surface area contributed by atoms with Crippen molar-refractivity contribution in [1.29, 1.82) is 5.41 Å². The number of likely N-dealkylation sites (tertiary alicyclic amines) is 1. The van der Waals surface area contributed by atoms with Crippen LogP contribution < -0.4 is 15.8 Å². The maximum absolute atomic E-state index is 12.8. The fourth-order valence-corrected chi connectivity index (χ4v) is 3.90. The predicted molar refractivity (Wildman–Crippen MR) is 135 cm³/mol. The molecule has 0 bridgehead atoms. The van der Waals surface area contributed by atoms with Crippen molar-refractivity contribution < 1.29 is 14.3 Å². The van der Waals surface area contributed by atoms with Crippen molar-refractivity contribution in [2.24, 2.45) is 5.73 Å². The van der Waals surface area contributed by atoms with Crippen LogP contribution in [0.25, 0.3) is 0 Å². The Morgan fingerprint density at radius 3 is 2.45 bits per heavy atom. The second-order valence-electron chi connectivity index (χ2n) is 7.94. The van der Waals surface area contributed by atoms with Gasteiger partial charge in [-0.05, 0) is 86.8 Å². The van der Waals surface area contributed by atoms with Gasteiger partial charge in [-0.3, -0.25) is 10.3 Å². The standard InChI is InChI=1S/C25H34N4O3.ClH/c1-3-18-17-20(9-12-22(18)32-16-15-29-13-5-6-14-29)23(25(30)31-4-2)28-21-10-7-19(8-11-21)24(26)27;/h7-12,17,23,28H,3-6,13-16H2,1-2H3,(H3,26,27);1H. The fourth-order valence-electron chi connectivity index (χ4n) is 3.90. The first-order valence-electron chi connectivity index (χ1n) is 11.4. The van der Waals surface area contributed by atoms with E-state index in [1.54, 1.807) is 31.2 Å². The number of carbonyl (C=O) groups excluding carboxylic acids is 1. The molecule has 0 spiro atoms. The molecular formula is C25H35ClN4O3. The van der Waals surface area contributed by atoms with Gasteiger partial charge in [0.15, 0.2) is 6.04 Å². The van der Waals surface area contributed by atoms with Crippen LogP contribution in [0.1, 0.15) is 49.4 Å². The third kappa shape index (κ3) is 7.37. The summed E-state index contributed by atoms with van der Waals surface area (Å²) in [5, 5.41) is 10.8. The Balaban J connectivity index is 0.00000385. The molecule has 8 heteroatoms. The van der Waals surface area contributed by atoms with Crippen molar-refractivity contribution in [2.45, 2.75) is 39.2 Å². The van der Waals surface area contributed by atoms with Crippen LogP contribution in [-0.2, 0) is 16.0 Å². The third-order valence-electron chi connectivity index (χ3n) is 5.69. The van der Waals surface area contributed by atoms with Gasteiger partial charge in [0.25, 0.3) is 0 Å². The van der Waals surface area contributed by atoms with Crippen LogP contribution in [0.15, 0.2) is 42.5 Å². The van der Waals surface area contributed by atoms with Crippen LogP contribution >= 0.6 is 12.4 Å². The molecule has 180 valence electrons. The Hall–Kier alpha value is -2.77. The van der Waals surface area contributed by atoms with Gasteiger partial charge in [-0.15, -0.1) is 12.4 Å². The third-order valence-corrected chi connectivity index (χ3v) is 5.69. The number of hydrogen-bond donors (Lipinski definition) is 3. The second-order valence-corrected chi connectivity index (χ2v) is 7.94. The molecule has 0 aliphatic carbocycles. The van der Waals surface area contributed by atoms with E-state index in [1.165, 1.54) is 12.8 Å². The molecule has 7 nitrogen and oxygen atoms in total. The van der Waals surface area contributed by atoms with E-state index in [2.05, 4.69) is 17.1 Å². The van der Waals surface area contributed by atoms with Gasteiger partial charge < -0.3 is 20.5 Å². The molecule has 1 fully saturated rings. The lowest BCUT2D eigenvalue weighted by Gasteiger charge is -2.21. The van der Waals surface area contributed by atoms with E-state index < -0.39 is 6.04 Å². The van der Waals surface area contributed by atoms with Crippen LogP contribution in [0, 0.1) is 5.41 Å². The summed E-state index contributed by atoms with van der Waals surface area (Å²) in [5.74, 6) is 0.531. The molecule has 33 heavy (non-hydrogen) atoms. The topological polar surface area (TPSA) is 101 Å². The Morgan fingerprint density at radius 2 is 1.85 bits per heavy atom. The van der Waals surface area contributed by atoms with Crippen LogP contribution in [0.4, 0.5) is 5.69 Å². The molecular weight excluding hydrogens is 440 g/mol. The largest absolute Gasteiger partial charge is 0.492 e. The predicted octanol–water partition coefficient (Wildman–Crippen LogP) is 4.15. The molecule has 0 radical (unpaired) electrons. The van der Waals surface area contributed by atoms with Crippen LogP contribution in [0.5, 0.6) is 5.75 Å². The van der Waals surface area contributed by atoms with E-state index >= 15 is 0 Å². The number of esters is 1. The molecule has 0 saturated carbocycles. The monoisotopic (exact) mass is 474 g/mol. The lowest BCUT2D eigenvalue weighted by Crippen LogP contribution is -2.25. The highest BCUT2D eigenvalue weighted by Gasteiger charge is 2.23. The minimum atomic E-state index is -0.651. The number of halogens is 1. The van der Waals surface area contributed by atoms with Crippen molar-refractivity contribution in [3.8, 4) is 5.75 Å².